The van der Waals surface area contributed by atoms with E-state index in [0.717, 1.165) is 23.6 Å². The van der Waals surface area contributed by atoms with E-state index in [1.807, 2.05) is 13.1 Å². The molecule has 2 bridgehead atoms. The van der Waals surface area contributed by atoms with Gasteiger partial charge in [-0.3, -0.25) is 0 Å². The minimum Gasteiger partial charge on any atom is -0.481 e. The van der Waals surface area contributed by atoms with Crippen molar-refractivity contribution in [3.05, 3.63) is 23.9 Å². The van der Waals surface area contributed by atoms with Crippen LogP contribution in [0.25, 0.3) is 0 Å². The van der Waals surface area contributed by atoms with Crippen LogP contribution in [0.1, 0.15) is 43.7 Å². The highest BCUT2D eigenvalue weighted by Gasteiger charge is 2.40. The number of hydrogen-bond acceptors (Lipinski definition) is 3. The maximum absolute atomic E-state index is 5.40. The predicted molar refractivity (Wildman–Crippen MR) is 76.1 cm³/mol. The van der Waals surface area contributed by atoms with Crippen molar-refractivity contribution in [3.63, 3.8) is 0 Å². The molecule has 0 aliphatic heterocycles. The van der Waals surface area contributed by atoms with Crippen LogP contribution in [-0.4, -0.2) is 19.1 Å². The lowest BCUT2D eigenvalue weighted by Crippen LogP contribution is -2.23. The van der Waals surface area contributed by atoms with Gasteiger partial charge in [-0.1, -0.05) is 12.5 Å². The van der Waals surface area contributed by atoms with Gasteiger partial charge in [0.25, 0.3) is 0 Å². The van der Waals surface area contributed by atoms with Crippen molar-refractivity contribution in [1.29, 1.82) is 0 Å². The third-order valence-electron chi connectivity index (χ3n) is 5.14. The quantitative estimate of drug-likeness (QED) is 0.883. The van der Waals surface area contributed by atoms with Gasteiger partial charge >= 0.3 is 0 Å². The van der Waals surface area contributed by atoms with Gasteiger partial charge in [-0.25, -0.2) is 4.98 Å². The molecule has 3 nitrogen and oxygen atoms in total. The monoisotopic (exact) mass is 260 g/mol. The zero-order chi connectivity index (χ0) is 13.2. The van der Waals surface area contributed by atoms with Crippen LogP contribution >= 0.6 is 0 Å². The van der Waals surface area contributed by atoms with Crippen LogP contribution in [0.2, 0.25) is 0 Å². The molecule has 4 atom stereocenters. The molecule has 0 spiro atoms. The Kier molecular flexibility index (Phi) is 3.74. The highest BCUT2D eigenvalue weighted by atomic mass is 16.5. The summed E-state index contributed by atoms with van der Waals surface area (Å²) in [5, 5.41) is 3.46. The van der Waals surface area contributed by atoms with E-state index in [9.17, 15) is 0 Å². The third-order valence-corrected chi connectivity index (χ3v) is 5.14. The fourth-order valence-corrected chi connectivity index (χ4v) is 4.21. The summed E-state index contributed by atoms with van der Waals surface area (Å²) < 4.78 is 5.40. The first-order valence-electron chi connectivity index (χ1n) is 7.48. The standard InChI is InChI=1S/C16H24N2O/c1-17-15(14-4-3-7-18-16(14)19-2)10-13-9-11-5-6-12(13)8-11/h3-4,7,11-13,15,17H,5-6,8-10H2,1-2H3. The van der Waals surface area contributed by atoms with Gasteiger partial charge in [0.1, 0.15) is 0 Å². The normalized spacial score (nSPS) is 30.5. The Balaban J connectivity index is 1.73. The number of nitrogens with one attached hydrogen (secondary N) is 1. The molecule has 1 heterocycles. The third kappa shape index (κ3) is 2.48. The number of nitrogens with zero attached hydrogens (tertiary/aromatic N) is 1. The predicted octanol–water partition coefficient (Wildman–Crippen LogP) is 3.18. The van der Waals surface area contributed by atoms with E-state index in [0.29, 0.717) is 6.04 Å². The van der Waals surface area contributed by atoms with Gasteiger partial charge < -0.3 is 10.1 Å². The van der Waals surface area contributed by atoms with Crippen LogP contribution in [0.3, 0.4) is 0 Å². The second kappa shape index (κ2) is 5.49. The van der Waals surface area contributed by atoms with E-state index in [4.69, 9.17) is 4.74 Å². The van der Waals surface area contributed by atoms with Crippen LogP contribution in [0.4, 0.5) is 0 Å². The fourth-order valence-electron chi connectivity index (χ4n) is 4.21. The molecular weight excluding hydrogens is 236 g/mol. The molecule has 19 heavy (non-hydrogen) atoms. The molecule has 1 aromatic rings. The lowest BCUT2D eigenvalue weighted by atomic mass is 9.83. The van der Waals surface area contributed by atoms with Crippen LogP contribution in [0, 0.1) is 17.8 Å². The van der Waals surface area contributed by atoms with Gasteiger partial charge in [-0.15, -0.1) is 0 Å². The maximum Gasteiger partial charge on any atom is 0.217 e. The summed E-state index contributed by atoms with van der Waals surface area (Å²) in [7, 11) is 3.75. The van der Waals surface area contributed by atoms with Crippen molar-refractivity contribution in [2.24, 2.45) is 17.8 Å². The minimum atomic E-state index is 0.369. The average Bonchev–Trinajstić information content (AvgIpc) is 3.07. The Labute approximate surface area is 115 Å². The molecule has 1 aromatic heterocycles. The number of methoxy groups -OCH3 is 1. The maximum atomic E-state index is 5.40. The van der Waals surface area contributed by atoms with E-state index in [1.54, 1.807) is 13.3 Å². The van der Waals surface area contributed by atoms with E-state index in [1.165, 1.54) is 37.7 Å². The van der Waals surface area contributed by atoms with Gasteiger partial charge in [0.2, 0.25) is 5.88 Å². The highest BCUT2D eigenvalue weighted by molar-refractivity contribution is 5.29. The number of fused-ring (bicyclic) bond motifs is 2. The number of ether oxygens (including phenoxy) is 1. The second-order valence-electron chi connectivity index (χ2n) is 6.11. The summed E-state index contributed by atoms with van der Waals surface area (Å²) in [6.07, 6.45) is 8.86. The molecule has 104 valence electrons. The number of hydrogen-bond donors (Lipinski definition) is 1. The van der Waals surface area contributed by atoms with Crippen LogP contribution in [0.15, 0.2) is 18.3 Å². The number of aromatic nitrogens is 1. The first-order valence-corrected chi connectivity index (χ1v) is 7.48. The molecule has 1 N–H and O–H groups in total. The Morgan fingerprint density at radius 3 is 2.95 bits per heavy atom. The number of rotatable bonds is 5. The van der Waals surface area contributed by atoms with Crippen molar-refractivity contribution < 1.29 is 4.74 Å². The molecule has 0 radical (unpaired) electrons. The Morgan fingerprint density at radius 1 is 1.42 bits per heavy atom. The first kappa shape index (κ1) is 12.9. The smallest absolute Gasteiger partial charge is 0.217 e. The van der Waals surface area contributed by atoms with Crippen molar-refractivity contribution in [1.82, 2.24) is 10.3 Å². The summed E-state index contributed by atoms with van der Waals surface area (Å²) >= 11 is 0. The second-order valence-corrected chi connectivity index (χ2v) is 6.11. The van der Waals surface area contributed by atoms with Crippen LogP contribution in [-0.2, 0) is 0 Å². The summed E-state index contributed by atoms with van der Waals surface area (Å²) in [6.45, 7) is 0. The van der Waals surface area contributed by atoms with Gasteiger partial charge in [-0.05, 0) is 56.6 Å². The molecule has 2 saturated carbocycles. The lowest BCUT2D eigenvalue weighted by molar-refractivity contribution is 0.280. The summed E-state index contributed by atoms with van der Waals surface area (Å²) in [4.78, 5) is 4.33. The summed E-state index contributed by atoms with van der Waals surface area (Å²) in [5.41, 5.74) is 1.20. The van der Waals surface area contributed by atoms with Crippen molar-refractivity contribution in [2.45, 2.75) is 38.1 Å². The summed E-state index contributed by atoms with van der Waals surface area (Å²) in [5.74, 6) is 3.65. The topological polar surface area (TPSA) is 34.2 Å². The highest BCUT2D eigenvalue weighted by Crippen LogP contribution is 2.51. The molecular formula is C16H24N2O. The zero-order valence-electron chi connectivity index (χ0n) is 11.9. The number of pyridine rings is 1. The minimum absolute atomic E-state index is 0.369. The van der Waals surface area contributed by atoms with Crippen molar-refractivity contribution in [3.8, 4) is 5.88 Å². The molecule has 2 fully saturated rings. The van der Waals surface area contributed by atoms with Crippen molar-refractivity contribution >= 4 is 0 Å². The Bertz CT molecular complexity index is 435. The van der Waals surface area contributed by atoms with Gasteiger partial charge in [0, 0.05) is 17.8 Å². The molecule has 3 rings (SSSR count). The van der Waals surface area contributed by atoms with E-state index in [-0.39, 0.29) is 0 Å². The van der Waals surface area contributed by atoms with Gasteiger partial charge in [-0.2, -0.15) is 0 Å². The molecule has 0 aromatic carbocycles. The molecule has 3 heteroatoms. The van der Waals surface area contributed by atoms with E-state index in [2.05, 4.69) is 16.4 Å². The lowest BCUT2D eigenvalue weighted by Gasteiger charge is -2.27. The molecule has 0 amide bonds. The van der Waals surface area contributed by atoms with E-state index >= 15 is 0 Å². The molecule has 2 aliphatic carbocycles. The van der Waals surface area contributed by atoms with Gasteiger partial charge in [0.05, 0.1) is 7.11 Å². The fraction of sp³-hybridized carbons (Fsp3) is 0.688. The van der Waals surface area contributed by atoms with Gasteiger partial charge in [0.15, 0.2) is 0 Å². The Morgan fingerprint density at radius 2 is 2.32 bits per heavy atom. The van der Waals surface area contributed by atoms with Crippen molar-refractivity contribution in [2.75, 3.05) is 14.2 Å². The van der Waals surface area contributed by atoms with Crippen LogP contribution < -0.4 is 10.1 Å². The zero-order valence-corrected chi connectivity index (χ0v) is 11.9. The van der Waals surface area contributed by atoms with Crippen LogP contribution in [0.5, 0.6) is 5.88 Å². The largest absolute Gasteiger partial charge is 0.481 e. The Hall–Kier alpha value is -1.09. The SMILES string of the molecule is CNC(CC1CC2CCC1C2)c1cccnc1OC. The average molecular weight is 260 g/mol. The molecule has 2 aliphatic rings. The first-order chi connectivity index (χ1) is 9.31. The molecule has 0 saturated heterocycles. The van der Waals surface area contributed by atoms with E-state index < -0.39 is 0 Å². The summed E-state index contributed by atoms with van der Waals surface area (Å²) in [6, 6.07) is 4.51. The molecule has 4 unspecified atom stereocenters.